The number of hydrogen-bond donors (Lipinski definition) is 1. The van der Waals surface area contributed by atoms with E-state index in [0.717, 1.165) is 0 Å². The van der Waals surface area contributed by atoms with Gasteiger partial charge in [-0.1, -0.05) is 32.0 Å². The lowest BCUT2D eigenvalue weighted by molar-refractivity contribution is -0.123. The molecule has 0 heterocycles. The summed E-state index contributed by atoms with van der Waals surface area (Å²) < 4.78 is 19.7. The molecule has 0 saturated heterocycles. The maximum atomic E-state index is 12.2. The lowest BCUT2D eigenvalue weighted by Gasteiger charge is -2.18. The summed E-state index contributed by atoms with van der Waals surface area (Å²) in [5.41, 5.74) is 8.27. The minimum absolute atomic E-state index is 0.106. The molecule has 0 aliphatic heterocycles. The molecule has 0 saturated carbocycles. The average molecular weight is 266 g/mol. The summed E-state index contributed by atoms with van der Waals surface area (Å²) in [5.74, 6) is -0.684. The molecule has 0 aliphatic carbocycles. The molecule has 1 aromatic carbocycles. The molecule has 0 spiro atoms. The maximum Gasteiger partial charge on any atom is 0.365 e. The van der Waals surface area contributed by atoms with Crippen LogP contribution in [0.5, 0.6) is 0 Å². The summed E-state index contributed by atoms with van der Waals surface area (Å²) in [4.78, 5) is 15.2. The molecular formula is C12H14N2O3S. The molecule has 0 radical (unpaired) electrons. The van der Waals surface area contributed by atoms with Crippen molar-refractivity contribution in [1.29, 1.82) is 0 Å². The lowest BCUT2D eigenvalue weighted by Crippen LogP contribution is -2.36. The highest BCUT2D eigenvalue weighted by Crippen LogP contribution is 2.20. The molecule has 18 heavy (non-hydrogen) atoms. The summed E-state index contributed by atoms with van der Waals surface area (Å²) in [6.07, 6.45) is 0. The summed E-state index contributed by atoms with van der Waals surface area (Å²) in [6.45, 7) is 3.08. The molecule has 1 aromatic rings. The van der Waals surface area contributed by atoms with Crippen LogP contribution in [0.15, 0.2) is 30.3 Å². The Morgan fingerprint density at radius 2 is 1.94 bits per heavy atom. The minimum atomic E-state index is -2.09. The monoisotopic (exact) mass is 266 g/mol. The van der Waals surface area contributed by atoms with Crippen molar-refractivity contribution in [1.82, 2.24) is 0 Å². The van der Waals surface area contributed by atoms with Crippen molar-refractivity contribution in [2.24, 2.45) is 5.41 Å². The van der Waals surface area contributed by atoms with Crippen LogP contribution < -0.4 is 0 Å². The second-order valence-corrected chi connectivity index (χ2v) is 5.43. The van der Waals surface area contributed by atoms with Crippen molar-refractivity contribution in [3.05, 3.63) is 41.4 Å². The molecule has 1 atom stereocenters. The Kier molecular flexibility index (Phi) is 4.67. The molecule has 96 valence electrons. The Balaban J connectivity index is 3.09. The Morgan fingerprint density at radius 3 is 2.39 bits per heavy atom. The second kappa shape index (κ2) is 5.82. The van der Waals surface area contributed by atoms with Gasteiger partial charge in [-0.3, -0.25) is 4.79 Å². The molecule has 5 nitrogen and oxygen atoms in total. The van der Waals surface area contributed by atoms with E-state index in [1.807, 2.05) is 0 Å². The van der Waals surface area contributed by atoms with E-state index in [2.05, 4.69) is 4.79 Å². The molecule has 0 aromatic heterocycles. The first-order chi connectivity index (χ1) is 8.38. The van der Waals surface area contributed by atoms with Gasteiger partial charge in [0.05, 0.1) is 11.3 Å². The first kappa shape index (κ1) is 14.4. The Labute approximate surface area is 108 Å². The third-order valence-electron chi connectivity index (χ3n) is 2.46. The first-order valence-corrected chi connectivity index (χ1v) is 6.56. The third-order valence-corrected chi connectivity index (χ3v) is 3.43. The minimum Gasteiger partial charge on any atom is -0.361 e. The molecule has 1 unspecified atom stereocenters. The predicted octanol–water partition coefficient (Wildman–Crippen LogP) is 1.52. The van der Waals surface area contributed by atoms with E-state index in [1.54, 1.807) is 30.3 Å². The fraction of sp³-hybridized carbons (Fsp3) is 0.333. The summed E-state index contributed by atoms with van der Waals surface area (Å²) in [5, 5.41) is 0. The number of rotatable bonds is 5. The Hall–Kier alpha value is -1.62. The lowest BCUT2D eigenvalue weighted by atomic mass is 9.85. The zero-order valence-corrected chi connectivity index (χ0v) is 11.0. The molecule has 0 fully saturated rings. The molecule has 6 heteroatoms. The van der Waals surface area contributed by atoms with Crippen LogP contribution in [0.2, 0.25) is 0 Å². The summed E-state index contributed by atoms with van der Waals surface area (Å²) in [6, 6.07) is 8.48. The quantitative estimate of drug-likeness (QED) is 0.379. The summed E-state index contributed by atoms with van der Waals surface area (Å²) >= 11 is -2.09. The second-order valence-electron chi connectivity index (χ2n) is 4.49. The highest BCUT2D eigenvalue weighted by atomic mass is 32.2. The van der Waals surface area contributed by atoms with Crippen molar-refractivity contribution in [3.8, 4) is 0 Å². The standard InChI is InChI=1S/C12H14N2O3S/c1-12(2,8-18(16)17)11(15)10(14-13)9-6-4-3-5-7-9/h3-7H,8H2,1-2H3,(H,16,17). The van der Waals surface area contributed by atoms with Crippen molar-refractivity contribution in [2.45, 2.75) is 13.8 Å². The fourth-order valence-electron chi connectivity index (χ4n) is 1.53. The van der Waals surface area contributed by atoms with E-state index >= 15 is 0 Å². The van der Waals surface area contributed by atoms with E-state index in [4.69, 9.17) is 10.1 Å². The van der Waals surface area contributed by atoms with Crippen LogP contribution in [0.25, 0.3) is 5.53 Å². The zero-order valence-electron chi connectivity index (χ0n) is 10.2. The number of Topliss-reactive ketones (excluding diaryl/α,β-unsaturated/α-hetero) is 1. The molecule has 0 amide bonds. The number of carbonyl (C=O) groups excluding carboxylic acids is 1. The van der Waals surface area contributed by atoms with Crippen LogP contribution in [0.4, 0.5) is 0 Å². The first-order valence-electron chi connectivity index (χ1n) is 5.28. The summed E-state index contributed by atoms with van der Waals surface area (Å²) in [7, 11) is 0. The highest BCUT2D eigenvalue weighted by molar-refractivity contribution is 7.79. The van der Waals surface area contributed by atoms with E-state index in [0.29, 0.717) is 5.56 Å². The van der Waals surface area contributed by atoms with Gasteiger partial charge in [-0.05, 0) is 12.1 Å². The van der Waals surface area contributed by atoms with Crippen molar-refractivity contribution < 1.29 is 18.3 Å². The maximum absolute atomic E-state index is 12.2. The number of benzene rings is 1. The normalized spacial score (nSPS) is 12.6. The highest BCUT2D eigenvalue weighted by Gasteiger charge is 2.38. The van der Waals surface area contributed by atoms with Crippen molar-refractivity contribution in [2.75, 3.05) is 5.75 Å². The largest absolute Gasteiger partial charge is 0.365 e. The molecule has 1 N–H and O–H groups in total. The van der Waals surface area contributed by atoms with Gasteiger partial charge in [-0.2, -0.15) is 4.79 Å². The Bertz CT molecular complexity index is 519. The van der Waals surface area contributed by atoms with Crippen LogP contribution in [-0.2, 0) is 15.9 Å². The van der Waals surface area contributed by atoms with Crippen molar-refractivity contribution >= 4 is 22.6 Å². The van der Waals surface area contributed by atoms with Gasteiger partial charge in [0.2, 0.25) is 0 Å². The van der Waals surface area contributed by atoms with Gasteiger partial charge in [-0.15, -0.1) is 0 Å². The smallest absolute Gasteiger partial charge is 0.361 e. The van der Waals surface area contributed by atoms with Crippen LogP contribution in [0.3, 0.4) is 0 Å². The number of carbonyl (C=O) groups is 1. The van der Waals surface area contributed by atoms with E-state index in [-0.39, 0.29) is 11.5 Å². The van der Waals surface area contributed by atoms with E-state index in [1.165, 1.54) is 13.8 Å². The number of hydrogen-bond acceptors (Lipinski definition) is 2. The molecule has 0 aliphatic rings. The van der Waals surface area contributed by atoms with Gasteiger partial charge < -0.3 is 10.1 Å². The van der Waals surface area contributed by atoms with Gasteiger partial charge in [0, 0.05) is 5.41 Å². The molecular weight excluding hydrogens is 252 g/mol. The van der Waals surface area contributed by atoms with Crippen molar-refractivity contribution in [3.63, 3.8) is 0 Å². The Morgan fingerprint density at radius 1 is 1.39 bits per heavy atom. The van der Waals surface area contributed by atoms with Gasteiger partial charge in [0.25, 0.3) is 5.78 Å². The SMILES string of the molecule is CC(C)(CS(=O)O)C(=O)C(=[N+]=[N-])c1ccccc1. The third kappa shape index (κ3) is 3.43. The van der Waals surface area contributed by atoms with E-state index in [9.17, 15) is 9.00 Å². The topological polar surface area (TPSA) is 90.8 Å². The predicted molar refractivity (Wildman–Crippen MR) is 68.6 cm³/mol. The average Bonchev–Trinajstić information content (AvgIpc) is 2.29. The van der Waals surface area contributed by atoms with Crippen LogP contribution >= 0.6 is 0 Å². The van der Waals surface area contributed by atoms with Crippen LogP contribution in [0, 0.1) is 5.41 Å². The van der Waals surface area contributed by atoms with E-state index < -0.39 is 22.3 Å². The zero-order chi connectivity index (χ0) is 13.8. The van der Waals surface area contributed by atoms with Gasteiger partial charge in [0.1, 0.15) is 0 Å². The molecule has 0 bridgehead atoms. The van der Waals surface area contributed by atoms with Gasteiger partial charge in [-0.25, -0.2) is 4.21 Å². The van der Waals surface area contributed by atoms with Crippen LogP contribution in [-0.4, -0.2) is 30.8 Å². The number of nitrogens with zero attached hydrogens (tertiary/aromatic N) is 2. The van der Waals surface area contributed by atoms with Gasteiger partial charge >= 0.3 is 5.71 Å². The fourth-order valence-corrected chi connectivity index (χ4v) is 2.27. The molecule has 1 rings (SSSR count). The van der Waals surface area contributed by atoms with Gasteiger partial charge in [0.15, 0.2) is 11.1 Å². The van der Waals surface area contributed by atoms with Crippen LogP contribution in [0.1, 0.15) is 19.4 Å². The number of ketones is 1.